The molecule has 0 fully saturated rings. The predicted molar refractivity (Wildman–Crippen MR) is 86.4 cm³/mol. The van der Waals surface area contributed by atoms with Crippen LogP contribution in [0, 0.1) is 0 Å². The number of hydrogen-bond donors (Lipinski definition) is 1. The summed E-state index contributed by atoms with van der Waals surface area (Å²) in [5.74, 6) is 2.15. The molecule has 0 saturated heterocycles. The molecule has 3 heteroatoms. The van der Waals surface area contributed by atoms with Gasteiger partial charge in [0.2, 0.25) is 0 Å². The number of thioether (sulfide) groups is 1. The largest absolute Gasteiger partial charge is 0.494 e. The van der Waals surface area contributed by atoms with Crippen LogP contribution in [-0.4, -0.2) is 31.2 Å². The highest BCUT2D eigenvalue weighted by Crippen LogP contribution is 2.14. The average Bonchev–Trinajstić information content (AvgIpc) is 2.43. The van der Waals surface area contributed by atoms with Gasteiger partial charge in [0.25, 0.3) is 0 Å². The SMILES string of the molecule is CCCNC(C)Cc1ccc(OCCCSC)cc1. The van der Waals surface area contributed by atoms with Crippen LogP contribution in [0.15, 0.2) is 24.3 Å². The maximum Gasteiger partial charge on any atom is 0.119 e. The molecule has 1 aromatic rings. The van der Waals surface area contributed by atoms with Gasteiger partial charge in [-0.3, -0.25) is 0 Å². The zero-order chi connectivity index (χ0) is 13.9. The molecule has 108 valence electrons. The third-order valence-electron chi connectivity index (χ3n) is 2.97. The minimum Gasteiger partial charge on any atom is -0.494 e. The first-order valence-electron chi connectivity index (χ1n) is 7.20. The van der Waals surface area contributed by atoms with Crippen molar-refractivity contribution >= 4 is 11.8 Å². The normalized spacial score (nSPS) is 12.4. The van der Waals surface area contributed by atoms with Crippen LogP contribution in [0.1, 0.15) is 32.3 Å². The maximum absolute atomic E-state index is 5.70. The summed E-state index contributed by atoms with van der Waals surface area (Å²) in [5, 5.41) is 3.51. The van der Waals surface area contributed by atoms with Gasteiger partial charge in [-0.15, -0.1) is 0 Å². The molecule has 0 aliphatic carbocycles. The second kappa shape index (κ2) is 10.2. The van der Waals surface area contributed by atoms with E-state index in [1.165, 1.54) is 17.7 Å². The summed E-state index contributed by atoms with van der Waals surface area (Å²) in [6.07, 6.45) is 5.50. The van der Waals surface area contributed by atoms with Gasteiger partial charge in [-0.05, 0) is 62.4 Å². The molecule has 19 heavy (non-hydrogen) atoms. The van der Waals surface area contributed by atoms with Gasteiger partial charge >= 0.3 is 0 Å². The Labute approximate surface area is 122 Å². The quantitative estimate of drug-likeness (QED) is 0.660. The van der Waals surface area contributed by atoms with Crippen molar-refractivity contribution in [2.75, 3.05) is 25.2 Å². The van der Waals surface area contributed by atoms with Crippen molar-refractivity contribution in [3.63, 3.8) is 0 Å². The Kier molecular flexibility index (Phi) is 8.76. The van der Waals surface area contributed by atoms with Crippen molar-refractivity contribution < 1.29 is 4.74 Å². The second-order valence-corrected chi connectivity index (χ2v) is 5.88. The van der Waals surface area contributed by atoms with E-state index in [4.69, 9.17) is 4.74 Å². The average molecular weight is 281 g/mol. The fourth-order valence-corrected chi connectivity index (χ4v) is 2.34. The van der Waals surface area contributed by atoms with E-state index in [1.54, 1.807) is 0 Å². The summed E-state index contributed by atoms with van der Waals surface area (Å²) in [4.78, 5) is 0. The Morgan fingerprint density at radius 2 is 2.00 bits per heavy atom. The van der Waals surface area contributed by atoms with Crippen LogP contribution in [0.25, 0.3) is 0 Å². The highest BCUT2D eigenvalue weighted by molar-refractivity contribution is 7.98. The maximum atomic E-state index is 5.70. The van der Waals surface area contributed by atoms with Crippen LogP contribution in [0.3, 0.4) is 0 Å². The molecular weight excluding hydrogens is 254 g/mol. The topological polar surface area (TPSA) is 21.3 Å². The van der Waals surface area contributed by atoms with E-state index < -0.39 is 0 Å². The number of benzene rings is 1. The van der Waals surface area contributed by atoms with E-state index in [-0.39, 0.29) is 0 Å². The molecule has 0 saturated carbocycles. The lowest BCUT2D eigenvalue weighted by molar-refractivity contribution is 0.318. The minimum atomic E-state index is 0.535. The van der Waals surface area contributed by atoms with Crippen molar-refractivity contribution in [1.29, 1.82) is 0 Å². The van der Waals surface area contributed by atoms with Crippen molar-refractivity contribution in [3.8, 4) is 5.75 Å². The standard InChI is InChI=1S/C16H27NOS/c1-4-10-17-14(2)13-15-6-8-16(9-7-15)18-11-5-12-19-3/h6-9,14,17H,4-5,10-13H2,1-3H3. The van der Waals surface area contributed by atoms with Crippen molar-refractivity contribution in [2.24, 2.45) is 0 Å². The molecular formula is C16H27NOS. The summed E-state index contributed by atoms with van der Waals surface area (Å²) in [6.45, 7) is 6.35. The predicted octanol–water partition coefficient (Wildman–Crippen LogP) is 3.75. The van der Waals surface area contributed by atoms with Crippen LogP contribution in [-0.2, 0) is 6.42 Å². The number of rotatable bonds is 10. The third kappa shape index (κ3) is 7.48. The molecule has 0 spiro atoms. The Morgan fingerprint density at radius 1 is 1.26 bits per heavy atom. The molecule has 1 aromatic carbocycles. The summed E-state index contributed by atoms with van der Waals surface area (Å²) >= 11 is 1.87. The van der Waals surface area contributed by atoms with Gasteiger partial charge in [0.05, 0.1) is 6.61 Å². The lowest BCUT2D eigenvalue weighted by Crippen LogP contribution is -2.28. The molecule has 0 heterocycles. The Balaban J connectivity index is 2.30. The van der Waals surface area contributed by atoms with Crippen LogP contribution >= 0.6 is 11.8 Å². The zero-order valence-electron chi connectivity index (χ0n) is 12.4. The highest BCUT2D eigenvalue weighted by Gasteiger charge is 2.02. The van der Waals surface area contributed by atoms with E-state index in [0.717, 1.165) is 31.7 Å². The molecule has 1 N–H and O–H groups in total. The fourth-order valence-electron chi connectivity index (χ4n) is 1.93. The first kappa shape index (κ1) is 16.4. The summed E-state index contributed by atoms with van der Waals surface area (Å²) < 4.78 is 5.70. The highest BCUT2D eigenvalue weighted by atomic mass is 32.2. The van der Waals surface area contributed by atoms with Crippen LogP contribution in [0.4, 0.5) is 0 Å². The van der Waals surface area contributed by atoms with Gasteiger partial charge in [-0.25, -0.2) is 0 Å². The Hall–Kier alpha value is -0.670. The van der Waals surface area contributed by atoms with Gasteiger partial charge in [0.1, 0.15) is 5.75 Å². The van der Waals surface area contributed by atoms with Crippen molar-refractivity contribution in [3.05, 3.63) is 29.8 Å². The molecule has 2 nitrogen and oxygen atoms in total. The van der Waals surface area contributed by atoms with Crippen LogP contribution < -0.4 is 10.1 Å². The van der Waals surface area contributed by atoms with Crippen LogP contribution in [0.2, 0.25) is 0 Å². The van der Waals surface area contributed by atoms with Crippen LogP contribution in [0.5, 0.6) is 5.75 Å². The monoisotopic (exact) mass is 281 g/mol. The summed E-state index contributed by atoms with van der Waals surface area (Å²) in [7, 11) is 0. The lowest BCUT2D eigenvalue weighted by atomic mass is 10.1. The molecule has 1 unspecified atom stereocenters. The zero-order valence-corrected chi connectivity index (χ0v) is 13.3. The Bertz CT molecular complexity index is 326. The van der Waals surface area contributed by atoms with E-state index >= 15 is 0 Å². The molecule has 0 radical (unpaired) electrons. The number of hydrogen-bond acceptors (Lipinski definition) is 3. The van der Waals surface area contributed by atoms with E-state index in [1.807, 2.05) is 11.8 Å². The molecule has 0 aliphatic heterocycles. The third-order valence-corrected chi connectivity index (χ3v) is 3.67. The van der Waals surface area contributed by atoms with Gasteiger partial charge in [-0.2, -0.15) is 11.8 Å². The first-order chi connectivity index (χ1) is 9.26. The van der Waals surface area contributed by atoms with E-state index in [9.17, 15) is 0 Å². The molecule has 0 aliphatic rings. The smallest absolute Gasteiger partial charge is 0.119 e. The molecule has 0 amide bonds. The second-order valence-electron chi connectivity index (χ2n) is 4.90. The summed E-state index contributed by atoms with van der Waals surface area (Å²) in [6, 6.07) is 9.05. The van der Waals surface area contributed by atoms with Gasteiger partial charge in [-0.1, -0.05) is 19.1 Å². The summed E-state index contributed by atoms with van der Waals surface area (Å²) in [5.41, 5.74) is 1.37. The number of nitrogens with one attached hydrogen (secondary N) is 1. The van der Waals surface area contributed by atoms with E-state index in [0.29, 0.717) is 6.04 Å². The van der Waals surface area contributed by atoms with E-state index in [2.05, 4.69) is 49.7 Å². The first-order valence-corrected chi connectivity index (χ1v) is 8.59. The molecule has 1 rings (SSSR count). The minimum absolute atomic E-state index is 0.535. The molecule has 0 bridgehead atoms. The number of ether oxygens (including phenoxy) is 1. The van der Waals surface area contributed by atoms with Gasteiger partial charge in [0.15, 0.2) is 0 Å². The Morgan fingerprint density at radius 3 is 2.63 bits per heavy atom. The van der Waals surface area contributed by atoms with Crippen molar-refractivity contribution in [1.82, 2.24) is 5.32 Å². The molecule has 1 atom stereocenters. The van der Waals surface area contributed by atoms with Gasteiger partial charge < -0.3 is 10.1 Å². The fraction of sp³-hybridized carbons (Fsp3) is 0.625. The van der Waals surface area contributed by atoms with Crippen molar-refractivity contribution in [2.45, 2.75) is 39.2 Å². The molecule has 0 aromatic heterocycles. The van der Waals surface area contributed by atoms with Gasteiger partial charge in [0, 0.05) is 6.04 Å². The lowest BCUT2D eigenvalue weighted by Gasteiger charge is -2.13.